The van der Waals surface area contributed by atoms with Gasteiger partial charge in [0.2, 0.25) is 0 Å². The highest BCUT2D eigenvalue weighted by Crippen LogP contribution is 2.40. The molecule has 2 N–H and O–H groups in total. The minimum Gasteiger partial charge on any atom is -0.497 e. The number of aromatic amines is 1. The van der Waals surface area contributed by atoms with Crippen LogP contribution < -0.4 is 10.1 Å². The average molecular weight is 464 g/mol. The summed E-state index contributed by atoms with van der Waals surface area (Å²) in [7, 11) is 1.64. The van der Waals surface area contributed by atoms with Crippen molar-refractivity contribution >= 4 is 34.2 Å². The molecule has 1 aromatic heterocycles. The SMILES string of the molecule is COc1ccc2[nH]c3c(c2c1)CCN(C(=O)Nc1ccc(C)cc1Cl)C3c1ccc(F)cc1. The topological polar surface area (TPSA) is 57.4 Å². The number of nitrogens with zero attached hydrogens (tertiary/aromatic N) is 1. The third-order valence-electron chi connectivity index (χ3n) is 6.15. The molecule has 168 valence electrons. The highest BCUT2D eigenvalue weighted by atomic mass is 35.5. The van der Waals surface area contributed by atoms with Gasteiger partial charge in [-0.2, -0.15) is 0 Å². The molecule has 0 saturated heterocycles. The Balaban J connectivity index is 1.58. The summed E-state index contributed by atoms with van der Waals surface area (Å²) in [5, 5.41) is 4.50. The maximum atomic E-state index is 13.7. The zero-order valence-electron chi connectivity index (χ0n) is 18.3. The van der Waals surface area contributed by atoms with E-state index in [1.165, 1.54) is 12.1 Å². The van der Waals surface area contributed by atoms with Gasteiger partial charge >= 0.3 is 6.03 Å². The van der Waals surface area contributed by atoms with Crippen LogP contribution in [0.25, 0.3) is 10.9 Å². The fourth-order valence-electron chi connectivity index (χ4n) is 4.51. The zero-order chi connectivity index (χ0) is 23.1. The number of halogens is 2. The number of amides is 2. The lowest BCUT2D eigenvalue weighted by atomic mass is 9.92. The predicted molar refractivity (Wildman–Crippen MR) is 129 cm³/mol. The Morgan fingerprint density at radius 1 is 1.15 bits per heavy atom. The molecule has 5 nitrogen and oxygen atoms in total. The largest absolute Gasteiger partial charge is 0.497 e. The first-order valence-corrected chi connectivity index (χ1v) is 11.1. The molecule has 3 aromatic carbocycles. The van der Waals surface area contributed by atoms with Crippen molar-refractivity contribution < 1.29 is 13.9 Å². The molecule has 0 fully saturated rings. The summed E-state index contributed by atoms with van der Waals surface area (Å²) in [5.41, 5.74) is 5.41. The van der Waals surface area contributed by atoms with Crippen LogP contribution in [-0.2, 0) is 6.42 Å². The van der Waals surface area contributed by atoms with E-state index < -0.39 is 6.04 Å². The van der Waals surface area contributed by atoms with Gasteiger partial charge in [0.15, 0.2) is 0 Å². The number of hydrogen-bond donors (Lipinski definition) is 2. The standard InChI is InChI=1S/C26H23ClFN3O2/c1-15-3-9-23(21(27)13-15)30-26(32)31-12-11-19-20-14-18(33-2)8-10-22(20)29-24(19)25(31)16-4-6-17(28)7-5-16/h3-10,13-14,25,29H,11-12H2,1-2H3,(H,30,32). The molecule has 33 heavy (non-hydrogen) atoms. The van der Waals surface area contributed by atoms with Gasteiger partial charge in [-0.1, -0.05) is 29.8 Å². The van der Waals surface area contributed by atoms with E-state index in [-0.39, 0.29) is 11.8 Å². The van der Waals surface area contributed by atoms with Crippen molar-refractivity contribution in [1.29, 1.82) is 0 Å². The molecule has 1 aliphatic rings. The Hall–Kier alpha value is -3.51. The number of methoxy groups -OCH3 is 1. The van der Waals surface area contributed by atoms with Gasteiger partial charge in [0.05, 0.1) is 23.9 Å². The second-order valence-corrected chi connectivity index (χ2v) is 8.65. The fourth-order valence-corrected chi connectivity index (χ4v) is 4.80. The zero-order valence-corrected chi connectivity index (χ0v) is 19.0. The van der Waals surface area contributed by atoms with Gasteiger partial charge in [-0.3, -0.25) is 0 Å². The molecule has 0 bridgehead atoms. The maximum absolute atomic E-state index is 13.7. The lowest BCUT2D eigenvalue weighted by Gasteiger charge is -2.36. The first-order chi connectivity index (χ1) is 15.9. The van der Waals surface area contributed by atoms with Gasteiger partial charge in [-0.25, -0.2) is 9.18 Å². The highest BCUT2D eigenvalue weighted by Gasteiger charge is 2.35. The minimum atomic E-state index is -0.406. The number of fused-ring (bicyclic) bond motifs is 3. The molecule has 1 aliphatic heterocycles. The second kappa shape index (κ2) is 8.45. The molecule has 4 aromatic rings. The summed E-state index contributed by atoms with van der Waals surface area (Å²) in [5.74, 6) is 0.454. The molecule has 2 amide bonds. The smallest absolute Gasteiger partial charge is 0.322 e. The van der Waals surface area contributed by atoms with E-state index in [0.29, 0.717) is 23.7 Å². The van der Waals surface area contributed by atoms with Crippen molar-refractivity contribution in [2.75, 3.05) is 19.0 Å². The number of aromatic nitrogens is 1. The van der Waals surface area contributed by atoms with Crippen LogP contribution in [-0.4, -0.2) is 29.6 Å². The number of anilines is 1. The van der Waals surface area contributed by atoms with Crippen molar-refractivity contribution in [2.24, 2.45) is 0 Å². The highest BCUT2D eigenvalue weighted by molar-refractivity contribution is 6.33. The lowest BCUT2D eigenvalue weighted by Crippen LogP contribution is -2.43. The summed E-state index contributed by atoms with van der Waals surface area (Å²) in [6.45, 7) is 2.44. The third kappa shape index (κ3) is 3.91. The number of carbonyl (C=O) groups is 1. The number of urea groups is 1. The molecule has 1 atom stereocenters. The second-order valence-electron chi connectivity index (χ2n) is 8.24. The van der Waals surface area contributed by atoms with E-state index in [1.54, 1.807) is 30.2 Å². The van der Waals surface area contributed by atoms with E-state index in [9.17, 15) is 9.18 Å². The number of ether oxygens (including phenoxy) is 1. The fraction of sp³-hybridized carbons (Fsp3) is 0.192. The van der Waals surface area contributed by atoms with Crippen LogP contribution >= 0.6 is 11.6 Å². The predicted octanol–water partition coefficient (Wildman–Crippen LogP) is 6.46. The number of aryl methyl sites for hydroxylation is 1. The molecule has 0 saturated carbocycles. The van der Waals surface area contributed by atoms with E-state index in [0.717, 1.165) is 39.0 Å². The first kappa shape index (κ1) is 21.3. The summed E-state index contributed by atoms with van der Waals surface area (Å²) in [6.07, 6.45) is 0.676. The number of benzene rings is 3. The van der Waals surface area contributed by atoms with Gasteiger partial charge in [-0.15, -0.1) is 0 Å². The van der Waals surface area contributed by atoms with Crippen molar-refractivity contribution in [3.8, 4) is 5.75 Å². The molecular weight excluding hydrogens is 441 g/mol. The Labute approximate surface area is 196 Å². The quantitative estimate of drug-likeness (QED) is 0.366. The van der Waals surface area contributed by atoms with E-state index in [4.69, 9.17) is 16.3 Å². The number of hydrogen-bond acceptors (Lipinski definition) is 2. The van der Waals surface area contributed by atoms with Crippen molar-refractivity contribution in [1.82, 2.24) is 9.88 Å². The molecule has 0 aliphatic carbocycles. The van der Waals surface area contributed by atoms with Crippen molar-refractivity contribution in [3.63, 3.8) is 0 Å². The molecule has 0 radical (unpaired) electrons. The normalized spacial score (nSPS) is 15.4. The molecule has 2 heterocycles. The van der Waals surface area contributed by atoms with Crippen molar-refractivity contribution in [2.45, 2.75) is 19.4 Å². The van der Waals surface area contributed by atoms with Crippen LogP contribution in [0.15, 0.2) is 60.7 Å². The summed E-state index contributed by atoms with van der Waals surface area (Å²) >= 11 is 6.35. The van der Waals surface area contributed by atoms with Crippen molar-refractivity contribution in [3.05, 3.63) is 93.9 Å². The Bertz CT molecular complexity index is 1350. The van der Waals surface area contributed by atoms with Crippen LogP contribution in [0.4, 0.5) is 14.9 Å². The Morgan fingerprint density at radius 3 is 2.67 bits per heavy atom. The van der Waals surface area contributed by atoms with Crippen LogP contribution in [0.1, 0.15) is 28.4 Å². The average Bonchev–Trinajstić information content (AvgIpc) is 3.18. The number of H-pyrrole nitrogens is 1. The van der Waals surface area contributed by atoms with Gasteiger partial charge in [-0.05, 0) is 72.5 Å². The van der Waals surface area contributed by atoms with Gasteiger partial charge < -0.3 is 19.9 Å². The Morgan fingerprint density at radius 2 is 1.94 bits per heavy atom. The van der Waals surface area contributed by atoms with Crippen LogP contribution in [0, 0.1) is 12.7 Å². The number of nitrogens with one attached hydrogen (secondary N) is 2. The summed E-state index contributed by atoms with van der Waals surface area (Å²) in [6, 6.07) is 17.0. The first-order valence-electron chi connectivity index (χ1n) is 10.7. The van der Waals surface area contributed by atoms with Gasteiger partial charge in [0.25, 0.3) is 0 Å². The van der Waals surface area contributed by atoms with Crippen LogP contribution in [0.2, 0.25) is 5.02 Å². The molecule has 0 spiro atoms. The lowest BCUT2D eigenvalue weighted by molar-refractivity contribution is 0.193. The van der Waals surface area contributed by atoms with Crippen LogP contribution in [0.3, 0.4) is 0 Å². The number of carbonyl (C=O) groups excluding carboxylic acids is 1. The molecule has 5 rings (SSSR count). The minimum absolute atomic E-state index is 0.267. The van der Waals surface area contributed by atoms with Crippen LogP contribution in [0.5, 0.6) is 5.75 Å². The van der Waals surface area contributed by atoms with E-state index >= 15 is 0 Å². The third-order valence-corrected chi connectivity index (χ3v) is 6.46. The Kier molecular flexibility index (Phi) is 5.46. The van der Waals surface area contributed by atoms with Gasteiger partial charge in [0.1, 0.15) is 11.6 Å². The van der Waals surface area contributed by atoms with Gasteiger partial charge in [0, 0.05) is 23.1 Å². The monoisotopic (exact) mass is 463 g/mol. The maximum Gasteiger partial charge on any atom is 0.322 e. The molecule has 1 unspecified atom stereocenters. The summed E-state index contributed by atoms with van der Waals surface area (Å²) < 4.78 is 19.1. The molecule has 7 heteroatoms. The van der Waals surface area contributed by atoms with E-state index in [1.807, 2.05) is 37.3 Å². The molecular formula is C26H23ClFN3O2. The number of rotatable bonds is 3. The summed E-state index contributed by atoms with van der Waals surface area (Å²) in [4.78, 5) is 18.7. The van der Waals surface area contributed by atoms with E-state index in [2.05, 4.69) is 10.3 Å².